The van der Waals surface area contributed by atoms with Gasteiger partial charge in [0.25, 0.3) is 0 Å². The van der Waals surface area contributed by atoms with Gasteiger partial charge in [0.1, 0.15) is 17.8 Å². The Morgan fingerprint density at radius 3 is 2.45 bits per heavy atom. The van der Waals surface area contributed by atoms with Crippen LogP contribution in [0.3, 0.4) is 0 Å². The zero-order chi connectivity index (χ0) is 16.2. The van der Waals surface area contributed by atoms with Gasteiger partial charge in [-0.15, -0.1) is 0 Å². The molecule has 3 nitrogen and oxygen atoms in total. The molecule has 0 saturated heterocycles. The van der Waals surface area contributed by atoms with Crippen LogP contribution < -0.4 is 4.74 Å². The fraction of sp³-hybridized carbons (Fsp3) is 0.250. The number of nitrogens with zero attached hydrogens (tertiary/aromatic N) is 2. The van der Waals surface area contributed by atoms with Crippen molar-refractivity contribution in [2.24, 2.45) is 0 Å². The molecule has 1 aromatic carbocycles. The summed E-state index contributed by atoms with van der Waals surface area (Å²) in [7, 11) is 0. The first-order valence-electron chi connectivity index (χ1n) is 6.61. The van der Waals surface area contributed by atoms with E-state index in [-0.39, 0.29) is 11.6 Å². The van der Waals surface area contributed by atoms with E-state index in [2.05, 4.69) is 11.1 Å². The molecular formula is C16H13Cl3N2O. The summed E-state index contributed by atoms with van der Waals surface area (Å²) >= 11 is 17.9. The Hall–Kier alpha value is -1.47. The van der Waals surface area contributed by atoms with E-state index < -0.39 is 5.41 Å². The minimum atomic E-state index is -0.785. The van der Waals surface area contributed by atoms with Gasteiger partial charge < -0.3 is 4.74 Å². The number of aromatic nitrogens is 1. The Kier molecular flexibility index (Phi) is 5.52. The molecule has 0 radical (unpaired) electrons. The molecule has 1 aromatic heterocycles. The third kappa shape index (κ3) is 3.47. The average Bonchev–Trinajstić information content (AvgIpc) is 2.55. The summed E-state index contributed by atoms with van der Waals surface area (Å²) < 4.78 is 5.75. The minimum Gasteiger partial charge on any atom is -0.491 e. The first-order valence-corrected chi connectivity index (χ1v) is 7.75. The zero-order valence-electron chi connectivity index (χ0n) is 11.8. The monoisotopic (exact) mass is 354 g/mol. The summed E-state index contributed by atoms with van der Waals surface area (Å²) in [6, 6.07) is 9.16. The molecule has 22 heavy (non-hydrogen) atoms. The summed E-state index contributed by atoms with van der Waals surface area (Å²) in [5.74, 6) is 0.469. The van der Waals surface area contributed by atoms with E-state index >= 15 is 0 Å². The number of nitriles is 1. The number of hydrogen-bond acceptors (Lipinski definition) is 3. The summed E-state index contributed by atoms with van der Waals surface area (Å²) in [6.07, 6.45) is 3.93. The van der Waals surface area contributed by atoms with Crippen LogP contribution in [0.25, 0.3) is 0 Å². The first-order chi connectivity index (χ1) is 10.5. The highest BCUT2D eigenvalue weighted by molar-refractivity contribution is 6.48. The van der Waals surface area contributed by atoms with Crippen LogP contribution in [-0.4, -0.2) is 11.6 Å². The van der Waals surface area contributed by atoms with E-state index in [1.165, 1.54) is 0 Å². The van der Waals surface area contributed by atoms with Crippen LogP contribution >= 0.6 is 34.8 Å². The van der Waals surface area contributed by atoms with Gasteiger partial charge in [-0.05, 0) is 18.1 Å². The molecule has 0 aliphatic carbocycles. The zero-order valence-corrected chi connectivity index (χ0v) is 14.1. The summed E-state index contributed by atoms with van der Waals surface area (Å²) in [4.78, 5) is 4.08. The van der Waals surface area contributed by atoms with Crippen molar-refractivity contribution in [1.29, 1.82) is 5.26 Å². The molecule has 0 bridgehead atoms. The van der Waals surface area contributed by atoms with Gasteiger partial charge in [0.05, 0.1) is 21.1 Å². The molecule has 1 heterocycles. The van der Waals surface area contributed by atoms with Crippen molar-refractivity contribution in [3.05, 3.63) is 57.3 Å². The third-order valence-electron chi connectivity index (χ3n) is 3.47. The van der Waals surface area contributed by atoms with Crippen molar-refractivity contribution in [1.82, 2.24) is 4.98 Å². The lowest BCUT2D eigenvalue weighted by Gasteiger charge is -2.25. The first kappa shape index (κ1) is 16.9. The van der Waals surface area contributed by atoms with E-state index in [1.807, 2.05) is 13.0 Å². The largest absolute Gasteiger partial charge is 0.491 e. The summed E-state index contributed by atoms with van der Waals surface area (Å²) in [5, 5.41) is 10.5. The fourth-order valence-electron chi connectivity index (χ4n) is 2.03. The smallest absolute Gasteiger partial charge is 0.122 e. The average molecular weight is 356 g/mol. The van der Waals surface area contributed by atoms with Gasteiger partial charge in [0.15, 0.2) is 0 Å². The molecule has 0 fully saturated rings. The van der Waals surface area contributed by atoms with E-state index in [4.69, 9.17) is 39.5 Å². The number of hydrogen-bond donors (Lipinski definition) is 0. The normalized spacial score (nSPS) is 13.2. The molecule has 0 N–H and O–H groups in total. The SMILES string of the molecule is CCC(C#N)(COc1cc(Cl)c(Cl)c(Cl)c1)c1cccnc1. The maximum absolute atomic E-state index is 9.63. The highest BCUT2D eigenvalue weighted by Crippen LogP contribution is 2.35. The van der Waals surface area contributed by atoms with Gasteiger partial charge in [-0.3, -0.25) is 4.98 Å². The molecule has 6 heteroatoms. The van der Waals surface area contributed by atoms with Gasteiger partial charge in [-0.2, -0.15) is 5.26 Å². The molecule has 2 rings (SSSR count). The second-order valence-corrected chi connectivity index (χ2v) is 5.97. The number of ether oxygens (including phenoxy) is 1. The lowest BCUT2D eigenvalue weighted by atomic mass is 9.81. The third-order valence-corrected chi connectivity index (χ3v) is 4.67. The van der Waals surface area contributed by atoms with Crippen LogP contribution in [0.1, 0.15) is 18.9 Å². The van der Waals surface area contributed by atoms with Crippen molar-refractivity contribution in [3.8, 4) is 11.8 Å². The van der Waals surface area contributed by atoms with E-state index in [0.717, 1.165) is 5.56 Å². The Morgan fingerprint density at radius 1 is 1.27 bits per heavy atom. The van der Waals surface area contributed by atoms with Crippen LogP contribution in [0.2, 0.25) is 15.1 Å². The molecule has 0 spiro atoms. The molecule has 1 unspecified atom stereocenters. The lowest BCUT2D eigenvalue weighted by molar-refractivity contribution is 0.247. The molecular weight excluding hydrogens is 343 g/mol. The Morgan fingerprint density at radius 2 is 1.95 bits per heavy atom. The Labute approximate surface area is 144 Å². The van der Waals surface area contributed by atoms with Gasteiger partial charge in [0.2, 0.25) is 0 Å². The van der Waals surface area contributed by atoms with Crippen molar-refractivity contribution < 1.29 is 4.74 Å². The van der Waals surface area contributed by atoms with Crippen LogP contribution in [0.5, 0.6) is 5.75 Å². The van der Waals surface area contributed by atoms with Gasteiger partial charge in [-0.1, -0.05) is 47.8 Å². The number of benzene rings is 1. The number of pyridine rings is 1. The molecule has 0 amide bonds. The van der Waals surface area contributed by atoms with Crippen molar-refractivity contribution >= 4 is 34.8 Å². The van der Waals surface area contributed by atoms with Gasteiger partial charge in [0, 0.05) is 24.5 Å². The maximum Gasteiger partial charge on any atom is 0.122 e. The number of rotatable bonds is 5. The maximum atomic E-state index is 9.63. The minimum absolute atomic E-state index is 0.167. The van der Waals surface area contributed by atoms with Gasteiger partial charge in [-0.25, -0.2) is 0 Å². The lowest BCUT2D eigenvalue weighted by Crippen LogP contribution is -2.31. The predicted molar refractivity (Wildman–Crippen MR) is 88.8 cm³/mol. The molecule has 0 aliphatic heterocycles. The molecule has 0 aliphatic rings. The fourth-order valence-corrected chi connectivity index (χ4v) is 2.61. The highest BCUT2D eigenvalue weighted by atomic mass is 35.5. The Balaban J connectivity index is 2.26. The quantitative estimate of drug-likeness (QED) is 0.684. The highest BCUT2D eigenvalue weighted by Gasteiger charge is 2.32. The van der Waals surface area contributed by atoms with Crippen LogP contribution in [0.15, 0.2) is 36.7 Å². The van der Waals surface area contributed by atoms with E-state index in [0.29, 0.717) is 22.2 Å². The topological polar surface area (TPSA) is 45.9 Å². The predicted octanol–water partition coefficient (Wildman–Crippen LogP) is 5.29. The van der Waals surface area contributed by atoms with Crippen molar-refractivity contribution in [2.45, 2.75) is 18.8 Å². The molecule has 1 atom stereocenters. The second-order valence-electron chi connectivity index (χ2n) is 4.78. The second kappa shape index (κ2) is 7.19. The van der Waals surface area contributed by atoms with Crippen LogP contribution in [0, 0.1) is 11.3 Å². The number of halogens is 3. The van der Waals surface area contributed by atoms with Crippen molar-refractivity contribution in [2.75, 3.05) is 6.61 Å². The van der Waals surface area contributed by atoms with E-state index in [9.17, 15) is 5.26 Å². The summed E-state index contributed by atoms with van der Waals surface area (Å²) in [6.45, 7) is 2.10. The van der Waals surface area contributed by atoms with Crippen molar-refractivity contribution in [3.63, 3.8) is 0 Å². The Bertz CT molecular complexity index is 677. The van der Waals surface area contributed by atoms with E-state index in [1.54, 1.807) is 30.6 Å². The standard InChI is InChI=1S/C16H13Cl3N2O/c1-2-16(9-20,11-4-3-5-21-8-11)10-22-12-6-13(17)15(19)14(18)7-12/h3-8H,2,10H2,1H3. The van der Waals surface area contributed by atoms with Crippen LogP contribution in [0.4, 0.5) is 0 Å². The van der Waals surface area contributed by atoms with Gasteiger partial charge >= 0.3 is 0 Å². The molecule has 0 saturated carbocycles. The summed E-state index contributed by atoms with van der Waals surface area (Å²) in [5.41, 5.74) is 0.0264. The molecule has 114 valence electrons. The van der Waals surface area contributed by atoms with Crippen LogP contribution in [-0.2, 0) is 5.41 Å². The molecule has 2 aromatic rings.